The first-order valence-corrected chi connectivity index (χ1v) is 6.79. The SMILES string of the molecule is NCc1cccc(Cl)c1Oc1cc([N+](=O)[O-])ccc1Br. The number of para-hydroxylation sites is 1. The van der Waals surface area contributed by atoms with Crippen LogP contribution in [0.3, 0.4) is 0 Å². The Hall–Kier alpha value is -1.63. The number of halogens is 2. The topological polar surface area (TPSA) is 78.4 Å². The van der Waals surface area contributed by atoms with Crippen molar-refractivity contribution in [2.75, 3.05) is 0 Å². The number of nitrogens with two attached hydrogens (primary N) is 1. The molecule has 0 saturated heterocycles. The van der Waals surface area contributed by atoms with Gasteiger partial charge in [-0.2, -0.15) is 0 Å². The monoisotopic (exact) mass is 356 g/mol. The molecule has 0 aliphatic rings. The van der Waals surface area contributed by atoms with Crippen LogP contribution in [0, 0.1) is 10.1 Å². The fourth-order valence-electron chi connectivity index (χ4n) is 1.62. The van der Waals surface area contributed by atoms with E-state index in [1.807, 2.05) is 0 Å². The number of hydrogen-bond acceptors (Lipinski definition) is 4. The van der Waals surface area contributed by atoms with E-state index in [2.05, 4.69) is 15.9 Å². The molecule has 0 spiro atoms. The highest BCUT2D eigenvalue weighted by Crippen LogP contribution is 2.37. The number of nitro benzene ring substituents is 1. The fraction of sp³-hybridized carbons (Fsp3) is 0.0769. The van der Waals surface area contributed by atoms with Gasteiger partial charge in [0.1, 0.15) is 5.75 Å². The summed E-state index contributed by atoms with van der Waals surface area (Å²) in [6, 6.07) is 9.47. The zero-order valence-corrected chi connectivity index (χ0v) is 12.5. The lowest BCUT2D eigenvalue weighted by Gasteiger charge is -2.12. The second kappa shape index (κ2) is 6.21. The molecule has 0 bridgehead atoms. The molecule has 5 nitrogen and oxygen atoms in total. The molecule has 2 rings (SSSR count). The molecule has 104 valence electrons. The zero-order chi connectivity index (χ0) is 14.7. The van der Waals surface area contributed by atoms with Gasteiger partial charge in [0, 0.05) is 18.2 Å². The van der Waals surface area contributed by atoms with Gasteiger partial charge in [-0.1, -0.05) is 23.7 Å². The Balaban J connectivity index is 2.44. The van der Waals surface area contributed by atoms with Crippen LogP contribution in [0.1, 0.15) is 5.56 Å². The number of hydrogen-bond donors (Lipinski definition) is 1. The lowest BCUT2D eigenvalue weighted by molar-refractivity contribution is -0.384. The lowest BCUT2D eigenvalue weighted by atomic mass is 10.2. The predicted octanol–water partition coefficient (Wildman–Crippen LogP) is 4.26. The summed E-state index contributed by atoms with van der Waals surface area (Å²) in [4.78, 5) is 10.3. The molecular weight excluding hydrogens is 348 g/mol. The van der Waals surface area contributed by atoms with Gasteiger partial charge in [-0.15, -0.1) is 0 Å². The van der Waals surface area contributed by atoms with Crippen LogP contribution in [0.4, 0.5) is 5.69 Å². The third-order valence-electron chi connectivity index (χ3n) is 2.61. The van der Waals surface area contributed by atoms with E-state index in [4.69, 9.17) is 22.1 Å². The maximum absolute atomic E-state index is 10.8. The average molecular weight is 358 g/mol. The zero-order valence-electron chi connectivity index (χ0n) is 10.2. The minimum absolute atomic E-state index is 0.0652. The first-order valence-electron chi connectivity index (χ1n) is 5.62. The van der Waals surface area contributed by atoms with E-state index in [-0.39, 0.29) is 12.2 Å². The van der Waals surface area contributed by atoms with Crippen molar-refractivity contribution in [1.29, 1.82) is 0 Å². The number of nitro groups is 1. The second-order valence-electron chi connectivity index (χ2n) is 3.91. The maximum Gasteiger partial charge on any atom is 0.273 e. The minimum atomic E-state index is -0.490. The highest BCUT2D eigenvalue weighted by Gasteiger charge is 2.14. The van der Waals surface area contributed by atoms with Gasteiger partial charge in [-0.05, 0) is 28.1 Å². The molecule has 0 aliphatic heterocycles. The van der Waals surface area contributed by atoms with Crippen LogP contribution in [0.5, 0.6) is 11.5 Å². The molecule has 0 amide bonds. The molecule has 2 aromatic rings. The van der Waals surface area contributed by atoms with Gasteiger partial charge in [-0.25, -0.2) is 0 Å². The van der Waals surface area contributed by atoms with Crippen molar-refractivity contribution in [2.24, 2.45) is 5.73 Å². The van der Waals surface area contributed by atoms with Gasteiger partial charge in [0.05, 0.1) is 20.5 Å². The summed E-state index contributed by atoms with van der Waals surface area (Å²) in [5, 5.41) is 11.2. The maximum atomic E-state index is 10.8. The molecule has 7 heteroatoms. The van der Waals surface area contributed by atoms with Gasteiger partial charge in [0.2, 0.25) is 0 Å². The molecular formula is C13H10BrClN2O3. The third kappa shape index (κ3) is 3.09. The summed E-state index contributed by atoms with van der Waals surface area (Å²) < 4.78 is 6.28. The molecule has 0 fully saturated rings. The van der Waals surface area contributed by atoms with Gasteiger partial charge in [0.25, 0.3) is 5.69 Å². The molecule has 2 aromatic carbocycles. The Bertz CT molecular complexity index is 664. The second-order valence-corrected chi connectivity index (χ2v) is 5.17. The average Bonchev–Trinajstić information content (AvgIpc) is 2.42. The first-order chi connectivity index (χ1) is 9.52. The Morgan fingerprint density at radius 3 is 2.75 bits per heavy atom. The van der Waals surface area contributed by atoms with Crippen molar-refractivity contribution >= 4 is 33.2 Å². The largest absolute Gasteiger partial charge is 0.454 e. The van der Waals surface area contributed by atoms with Gasteiger partial charge in [-0.3, -0.25) is 10.1 Å². The van der Waals surface area contributed by atoms with E-state index in [0.29, 0.717) is 21.0 Å². The standard InChI is InChI=1S/C13H10BrClN2O3/c14-10-5-4-9(17(18)19)6-12(10)20-13-8(7-16)2-1-3-11(13)15/h1-6H,7,16H2. The van der Waals surface area contributed by atoms with Crippen LogP contribution < -0.4 is 10.5 Å². The number of non-ortho nitro benzene ring substituents is 1. The molecule has 0 radical (unpaired) electrons. The van der Waals surface area contributed by atoms with Gasteiger partial charge < -0.3 is 10.5 Å². The Kier molecular flexibility index (Phi) is 4.59. The number of ether oxygens (including phenoxy) is 1. The first kappa shape index (κ1) is 14.8. The molecule has 0 saturated carbocycles. The van der Waals surface area contributed by atoms with Crippen molar-refractivity contribution in [3.8, 4) is 11.5 Å². The highest BCUT2D eigenvalue weighted by molar-refractivity contribution is 9.10. The van der Waals surface area contributed by atoms with E-state index < -0.39 is 4.92 Å². The Morgan fingerprint density at radius 1 is 1.35 bits per heavy atom. The van der Waals surface area contributed by atoms with Crippen molar-refractivity contribution < 1.29 is 9.66 Å². The van der Waals surface area contributed by atoms with Crippen molar-refractivity contribution in [3.05, 3.63) is 61.6 Å². The Morgan fingerprint density at radius 2 is 2.10 bits per heavy atom. The molecule has 0 unspecified atom stereocenters. The summed E-state index contributed by atoms with van der Waals surface area (Å²) in [5.41, 5.74) is 6.28. The van der Waals surface area contributed by atoms with Crippen molar-refractivity contribution in [2.45, 2.75) is 6.54 Å². The number of nitrogens with zero attached hydrogens (tertiary/aromatic N) is 1. The van der Waals surface area contributed by atoms with E-state index >= 15 is 0 Å². The third-order valence-corrected chi connectivity index (χ3v) is 3.56. The summed E-state index contributed by atoms with van der Waals surface area (Å²) in [6.07, 6.45) is 0. The molecule has 0 heterocycles. The van der Waals surface area contributed by atoms with Gasteiger partial charge in [0.15, 0.2) is 5.75 Å². The quantitative estimate of drug-likeness (QED) is 0.655. The van der Waals surface area contributed by atoms with E-state index in [1.165, 1.54) is 12.1 Å². The van der Waals surface area contributed by atoms with Crippen LogP contribution >= 0.6 is 27.5 Å². The van der Waals surface area contributed by atoms with E-state index in [1.54, 1.807) is 24.3 Å². The number of benzene rings is 2. The van der Waals surface area contributed by atoms with Crippen LogP contribution in [0.25, 0.3) is 0 Å². The predicted molar refractivity (Wildman–Crippen MR) is 80.2 cm³/mol. The Labute approximate surface area is 128 Å². The van der Waals surface area contributed by atoms with Crippen LogP contribution in [0.15, 0.2) is 40.9 Å². The molecule has 0 aliphatic carbocycles. The molecule has 2 N–H and O–H groups in total. The van der Waals surface area contributed by atoms with Crippen LogP contribution in [0.2, 0.25) is 5.02 Å². The van der Waals surface area contributed by atoms with Gasteiger partial charge >= 0.3 is 0 Å². The van der Waals surface area contributed by atoms with Crippen molar-refractivity contribution in [1.82, 2.24) is 0 Å². The lowest BCUT2D eigenvalue weighted by Crippen LogP contribution is -2.00. The molecule has 0 atom stereocenters. The summed E-state index contributed by atoms with van der Waals surface area (Å²) in [7, 11) is 0. The molecule has 20 heavy (non-hydrogen) atoms. The normalized spacial score (nSPS) is 10.3. The number of rotatable bonds is 4. The van der Waals surface area contributed by atoms with Crippen LogP contribution in [-0.4, -0.2) is 4.92 Å². The van der Waals surface area contributed by atoms with Crippen molar-refractivity contribution in [3.63, 3.8) is 0 Å². The highest BCUT2D eigenvalue weighted by atomic mass is 79.9. The molecule has 0 aromatic heterocycles. The minimum Gasteiger partial charge on any atom is -0.454 e. The fourth-order valence-corrected chi connectivity index (χ4v) is 2.18. The summed E-state index contributed by atoms with van der Waals surface area (Å²) in [6.45, 7) is 0.252. The van der Waals surface area contributed by atoms with E-state index in [0.717, 1.165) is 5.56 Å². The van der Waals surface area contributed by atoms with Crippen LogP contribution in [-0.2, 0) is 6.54 Å². The van der Waals surface area contributed by atoms with E-state index in [9.17, 15) is 10.1 Å². The summed E-state index contributed by atoms with van der Waals surface area (Å²) >= 11 is 9.37. The smallest absolute Gasteiger partial charge is 0.273 e. The summed E-state index contributed by atoms with van der Waals surface area (Å²) in [5.74, 6) is 0.708.